The summed E-state index contributed by atoms with van der Waals surface area (Å²) < 4.78 is 19.4. The van der Waals surface area contributed by atoms with E-state index in [1.54, 1.807) is 25.1 Å². The molecule has 1 aliphatic heterocycles. The Morgan fingerprint density at radius 2 is 2.26 bits per heavy atom. The molecule has 2 aromatic rings. The predicted molar refractivity (Wildman–Crippen MR) is 84.7 cm³/mol. The van der Waals surface area contributed by atoms with Crippen LogP contribution >= 0.6 is 11.6 Å². The Bertz CT molecular complexity index is 786. The van der Waals surface area contributed by atoms with Crippen LogP contribution in [-0.4, -0.2) is 21.5 Å². The van der Waals surface area contributed by atoms with Crippen LogP contribution in [0.5, 0.6) is 5.75 Å². The maximum absolute atomic E-state index is 13.7. The fourth-order valence-corrected chi connectivity index (χ4v) is 2.27. The highest BCUT2D eigenvalue weighted by molar-refractivity contribution is 6.28. The zero-order chi connectivity index (χ0) is 16.6. The molecule has 1 amide bonds. The van der Waals surface area contributed by atoms with Crippen LogP contribution in [0.25, 0.3) is 0 Å². The molecule has 0 fully saturated rings. The maximum Gasteiger partial charge on any atom is 0.268 e. The second kappa shape index (κ2) is 5.66. The Kier molecular flexibility index (Phi) is 3.81. The van der Waals surface area contributed by atoms with Crippen molar-refractivity contribution in [3.63, 3.8) is 0 Å². The third kappa shape index (κ3) is 2.92. The molecular weight excluding hydrogens is 323 g/mol. The topological polar surface area (TPSA) is 76.1 Å². The van der Waals surface area contributed by atoms with E-state index in [4.69, 9.17) is 16.3 Å². The summed E-state index contributed by atoms with van der Waals surface area (Å²) in [5, 5.41) is 5.52. The van der Waals surface area contributed by atoms with Gasteiger partial charge >= 0.3 is 0 Å². The second-order valence-corrected chi connectivity index (χ2v) is 5.65. The molecule has 3 rings (SSSR count). The van der Waals surface area contributed by atoms with Crippen LogP contribution in [0.3, 0.4) is 0 Å². The second-order valence-electron chi connectivity index (χ2n) is 5.31. The Morgan fingerprint density at radius 3 is 3.00 bits per heavy atom. The monoisotopic (exact) mass is 336 g/mol. The van der Waals surface area contributed by atoms with Crippen molar-refractivity contribution in [3.8, 4) is 5.75 Å². The molecule has 1 aromatic heterocycles. The molecule has 0 saturated heterocycles. The van der Waals surface area contributed by atoms with Crippen molar-refractivity contribution in [2.45, 2.75) is 25.9 Å². The van der Waals surface area contributed by atoms with E-state index in [1.807, 2.05) is 6.92 Å². The minimum Gasteiger partial charge on any atom is -0.476 e. The van der Waals surface area contributed by atoms with Crippen LogP contribution in [0.1, 0.15) is 20.3 Å². The first-order valence-electron chi connectivity index (χ1n) is 7.01. The lowest BCUT2D eigenvalue weighted by Gasteiger charge is -2.34. The van der Waals surface area contributed by atoms with Gasteiger partial charge in [-0.05, 0) is 43.1 Å². The van der Waals surface area contributed by atoms with Gasteiger partial charge in [-0.1, -0.05) is 6.92 Å². The highest BCUT2D eigenvalue weighted by atomic mass is 35.5. The largest absolute Gasteiger partial charge is 0.476 e. The number of ether oxygens (including phenoxy) is 1. The van der Waals surface area contributed by atoms with E-state index in [9.17, 15) is 9.18 Å². The first-order valence-corrected chi connectivity index (χ1v) is 7.38. The van der Waals surface area contributed by atoms with Gasteiger partial charge in [0, 0.05) is 5.69 Å². The molecule has 6 nitrogen and oxygen atoms in total. The molecule has 1 aromatic carbocycles. The molecule has 2 heterocycles. The van der Waals surface area contributed by atoms with Gasteiger partial charge in [0.2, 0.25) is 5.28 Å². The van der Waals surface area contributed by atoms with Crippen LogP contribution in [-0.2, 0) is 4.79 Å². The first-order chi connectivity index (χ1) is 10.9. The van der Waals surface area contributed by atoms with Crippen molar-refractivity contribution in [1.82, 2.24) is 9.97 Å². The molecule has 0 bridgehead atoms. The van der Waals surface area contributed by atoms with Crippen molar-refractivity contribution < 1.29 is 13.9 Å². The molecule has 1 aliphatic rings. The van der Waals surface area contributed by atoms with Crippen LogP contribution in [0.4, 0.5) is 21.6 Å². The summed E-state index contributed by atoms with van der Waals surface area (Å²) in [4.78, 5) is 19.5. The lowest BCUT2D eigenvalue weighted by atomic mass is 10.00. The lowest BCUT2D eigenvalue weighted by molar-refractivity contribution is -0.131. The number of aromatic nitrogens is 2. The summed E-state index contributed by atoms with van der Waals surface area (Å²) in [5.74, 6) is -0.348. The quantitative estimate of drug-likeness (QED) is 0.839. The molecule has 0 saturated carbocycles. The van der Waals surface area contributed by atoms with E-state index in [0.717, 1.165) is 6.20 Å². The van der Waals surface area contributed by atoms with Crippen molar-refractivity contribution in [1.29, 1.82) is 0 Å². The molecular formula is C15H14ClFN4O2. The van der Waals surface area contributed by atoms with Gasteiger partial charge < -0.3 is 15.4 Å². The van der Waals surface area contributed by atoms with E-state index >= 15 is 0 Å². The summed E-state index contributed by atoms with van der Waals surface area (Å²) in [6.45, 7) is 3.61. The molecule has 1 unspecified atom stereocenters. The average molecular weight is 337 g/mol. The molecule has 120 valence electrons. The number of carbonyl (C=O) groups excluding carboxylic acids is 1. The number of amides is 1. The Balaban J connectivity index is 1.89. The van der Waals surface area contributed by atoms with Crippen molar-refractivity contribution in [2.24, 2.45) is 0 Å². The smallest absolute Gasteiger partial charge is 0.268 e. The van der Waals surface area contributed by atoms with Gasteiger partial charge in [0.05, 0.1) is 11.9 Å². The summed E-state index contributed by atoms with van der Waals surface area (Å²) in [6, 6.07) is 5.03. The number of fused-ring (bicyclic) bond motifs is 1. The molecule has 1 atom stereocenters. The van der Waals surface area contributed by atoms with E-state index in [0.29, 0.717) is 23.5 Å². The third-order valence-corrected chi connectivity index (χ3v) is 3.88. The van der Waals surface area contributed by atoms with Gasteiger partial charge in [0.15, 0.2) is 17.2 Å². The Morgan fingerprint density at radius 1 is 1.48 bits per heavy atom. The number of rotatable bonds is 3. The minimum absolute atomic E-state index is 0.0496. The van der Waals surface area contributed by atoms with Crippen molar-refractivity contribution in [2.75, 3.05) is 10.6 Å². The average Bonchev–Trinajstić information content (AvgIpc) is 2.52. The molecule has 8 heteroatoms. The number of nitrogens with zero attached hydrogens (tertiary/aromatic N) is 2. The van der Waals surface area contributed by atoms with E-state index in [-0.39, 0.29) is 17.0 Å². The molecule has 2 N–H and O–H groups in total. The van der Waals surface area contributed by atoms with Crippen LogP contribution in [0.2, 0.25) is 5.28 Å². The SMILES string of the molecule is CCC1(C)Oc2ccc(Nc3nc(Cl)ncc3F)cc2NC1=O. The summed E-state index contributed by atoms with van der Waals surface area (Å²) in [7, 11) is 0. The summed E-state index contributed by atoms with van der Waals surface area (Å²) in [6.07, 6.45) is 1.52. The number of anilines is 3. The molecule has 23 heavy (non-hydrogen) atoms. The highest BCUT2D eigenvalue weighted by Crippen LogP contribution is 2.37. The summed E-state index contributed by atoms with van der Waals surface area (Å²) >= 11 is 5.66. The highest BCUT2D eigenvalue weighted by Gasteiger charge is 2.38. The number of halogens is 2. The summed E-state index contributed by atoms with van der Waals surface area (Å²) in [5.41, 5.74) is 0.140. The number of carbonyl (C=O) groups is 1. The normalized spacial score (nSPS) is 19.6. The molecule has 0 aliphatic carbocycles. The Hall–Kier alpha value is -2.41. The minimum atomic E-state index is -0.895. The van der Waals surface area contributed by atoms with Gasteiger partial charge in [-0.15, -0.1) is 0 Å². The number of hydrogen-bond donors (Lipinski definition) is 2. The van der Waals surface area contributed by atoms with E-state index < -0.39 is 11.4 Å². The zero-order valence-electron chi connectivity index (χ0n) is 12.5. The van der Waals surface area contributed by atoms with Gasteiger partial charge in [0.1, 0.15) is 5.75 Å². The van der Waals surface area contributed by atoms with Gasteiger partial charge in [0.25, 0.3) is 5.91 Å². The van der Waals surface area contributed by atoms with Gasteiger partial charge in [-0.2, -0.15) is 4.98 Å². The van der Waals surface area contributed by atoms with Gasteiger partial charge in [-0.25, -0.2) is 9.37 Å². The predicted octanol–water partition coefficient (Wildman–Crippen LogP) is 3.51. The number of hydrogen-bond acceptors (Lipinski definition) is 5. The first kappa shape index (κ1) is 15.5. The lowest BCUT2D eigenvalue weighted by Crippen LogP contribution is -2.47. The van der Waals surface area contributed by atoms with Crippen LogP contribution in [0.15, 0.2) is 24.4 Å². The zero-order valence-corrected chi connectivity index (χ0v) is 13.2. The fraction of sp³-hybridized carbons (Fsp3) is 0.267. The van der Waals surface area contributed by atoms with Crippen molar-refractivity contribution in [3.05, 3.63) is 35.5 Å². The fourth-order valence-electron chi connectivity index (χ4n) is 2.14. The molecule has 0 radical (unpaired) electrons. The van der Waals surface area contributed by atoms with Gasteiger partial charge in [-0.3, -0.25) is 4.79 Å². The van der Waals surface area contributed by atoms with E-state index in [2.05, 4.69) is 20.6 Å². The maximum atomic E-state index is 13.7. The molecule has 0 spiro atoms. The van der Waals surface area contributed by atoms with Crippen LogP contribution < -0.4 is 15.4 Å². The number of benzene rings is 1. The van der Waals surface area contributed by atoms with E-state index in [1.165, 1.54) is 0 Å². The van der Waals surface area contributed by atoms with Crippen LogP contribution in [0, 0.1) is 5.82 Å². The third-order valence-electron chi connectivity index (χ3n) is 3.70. The number of nitrogens with one attached hydrogen (secondary N) is 2. The Labute approximate surface area is 137 Å². The van der Waals surface area contributed by atoms with Crippen molar-refractivity contribution >= 4 is 34.7 Å². The standard InChI is InChI=1S/C15H14ClFN4O2/c1-3-15(2)13(22)20-10-6-8(4-5-11(10)23-15)19-12-9(17)7-18-14(16)21-12/h4-7H,3H2,1-2H3,(H,20,22)(H,18,19,21).